The molecule has 0 spiro atoms. The number of sulfone groups is 1. The van der Waals surface area contributed by atoms with Crippen LogP contribution in [0.2, 0.25) is 0 Å². The number of nitrogens with zero attached hydrogens (tertiary/aromatic N) is 4. The first-order valence-electron chi connectivity index (χ1n) is 9.69. The second-order valence-corrected chi connectivity index (χ2v) is 9.61. The SMILES string of the molecule is C[C@H]1CN(c2ccc(C(F)(F)F)cc2)C(=O)c2c(C#Cc3cncc(S(C)(=O)=O)c3)cnn21. The molecule has 0 radical (unpaired) electrons. The van der Waals surface area contributed by atoms with Crippen LogP contribution < -0.4 is 4.90 Å². The summed E-state index contributed by atoms with van der Waals surface area (Å²) in [5, 5.41) is 4.24. The highest BCUT2D eigenvalue weighted by Crippen LogP contribution is 2.32. The highest BCUT2D eigenvalue weighted by atomic mass is 32.2. The fourth-order valence-corrected chi connectivity index (χ4v) is 4.03. The highest BCUT2D eigenvalue weighted by Gasteiger charge is 2.34. The number of hydrogen-bond donors (Lipinski definition) is 0. The number of carbonyl (C=O) groups excluding carboxylic acids is 1. The summed E-state index contributed by atoms with van der Waals surface area (Å²) in [6, 6.07) is 5.51. The van der Waals surface area contributed by atoms with Crippen molar-refractivity contribution in [2.75, 3.05) is 17.7 Å². The summed E-state index contributed by atoms with van der Waals surface area (Å²) >= 11 is 0. The van der Waals surface area contributed by atoms with Crippen LogP contribution in [0.15, 0.2) is 53.8 Å². The van der Waals surface area contributed by atoms with Crippen molar-refractivity contribution in [1.29, 1.82) is 0 Å². The molecule has 1 atom stereocenters. The normalized spacial score (nSPS) is 16.2. The van der Waals surface area contributed by atoms with Crippen molar-refractivity contribution < 1.29 is 26.4 Å². The summed E-state index contributed by atoms with van der Waals surface area (Å²) in [7, 11) is -3.46. The molecule has 0 bridgehead atoms. The Morgan fingerprint density at radius 3 is 2.42 bits per heavy atom. The molecule has 0 saturated carbocycles. The minimum atomic E-state index is -4.47. The fourth-order valence-electron chi connectivity index (χ4n) is 3.44. The monoisotopic (exact) mass is 474 g/mol. The van der Waals surface area contributed by atoms with Crippen LogP contribution in [0, 0.1) is 11.8 Å². The molecule has 0 fully saturated rings. The van der Waals surface area contributed by atoms with Gasteiger partial charge in [0.25, 0.3) is 5.91 Å². The molecular formula is C22H17F3N4O3S. The second kappa shape index (κ2) is 8.04. The zero-order chi connectivity index (χ0) is 24.0. The number of carbonyl (C=O) groups is 1. The second-order valence-electron chi connectivity index (χ2n) is 7.59. The van der Waals surface area contributed by atoms with Crippen LogP contribution in [0.1, 0.15) is 40.1 Å². The Morgan fingerprint density at radius 1 is 1.09 bits per heavy atom. The van der Waals surface area contributed by atoms with Gasteiger partial charge in [-0.3, -0.25) is 14.5 Å². The Kier molecular flexibility index (Phi) is 5.49. The first-order valence-corrected chi connectivity index (χ1v) is 11.6. The van der Waals surface area contributed by atoms with Gasteiger partial charge in [-0.1, -0.05) is 11.8 Å². The maximum atomic E-state index is 13.2. The summed E-state index contributed by atoms with van der Waals surface area (Å²) in [4.78, 5) is 18.5. The standard InChI is InChI=1S/C22H17F3N4O3S/c1-14-13-28(18-7-5-17(6-8-18)22(23,24)25)21(30)20-16(11-27-29(14)20)4-3-15-9-19(12-26-10-15)33(2,31)32/h5-12,14H,13H2,1-2H3/t14-/m0/s1. The number of alkyl halides is 3. The van der Waals surface area contributed by atoms with Crippen molar-refractivity contribution >= 4 is 21.4 Å². The van der Waals surface area contributed by atoms with Crippen molar-refractivity contribution in [2.24, 2.45) is 0 Å². The molecule has 1 amide bonds. The molecule has 3 heterocycles. The molecule has 1 aliphatic heterocycles. The zero-order valence-corrected chi connectivity index (χ0v) is 18.3. The zero-order valence-electron chi connectivity index (χ0n) is 17.5. The number of hydrogen-bond acceptors (Lipinski definition) is 5. The first-order chi connectivity index (χ1) is 15.4. The smallest absolute Gasteiger partial charge is 0.305 e. The average Bonchev–Trinajstić information content (AvgIpc) is 3.19. The molecule has 170 valence electrons. The van der Waals surface area contributed by atoms with E-state index in [1.807, 2.05) is 6.92 Å². The number of fused-ring (bicyclic) bond motifs is 1. The maximum absolute atomic E-state index is 13.2. The van der Waals surface area contributed by atoms with Crippen LogP contribution in [0.4, 0.5) is 18.9 Å². The van der Waals surface area contributed by atoms with E-state index in [0.717, 1.165) is 18.4 Å². The summed E-state index contributed by atoms with van der Waals surface area (Å²) in [6.45, 7) is 2.06. The van der Waals surface area contributed by atoms with Gasteiger partial charge in [0.2, 0.25) is 0 Å². The van der Waals surface area contributed by atoms with Crippen LogP contribution in [-0.4, -0.2) is 41.9 Å². The van der Waals surface area contributed by atoms with Gasteiger partial charge in [-0.05, 0) is 37.3 Å². The minimum absolute atomic E-state index is 0.0181. The van der Waals surface area contributed by atoms with Gasteiger partial charge in [0.05, 0.1) is 28.3 Å². The van der Waals surface area contributed by atoms with Gasteiger partial charge in [-0.25, -0.2) is 8.42 Å². The van der Waals surface area contributed by atoms with Crippen LogP contribution in [0.25, 0.3) is 0 Å². The molecule has 2 aromatic heterocycles. The summed E-state index contributed by atoms with van der Waals surface area (Å²) in [5.74, 6) is 5.19. The van der Waals surface area contributed by atoms with Gasteiger partial charge < -0.3 is 4.90 Å². The van der Waals surface area contributed by atoms with Crippen LogP contribution in [-0.2, 0) is 16.0 Å². The number of amides is 1. The molecule has 0 aliphatic carbocycles. The molecule has 4 rings (SSSR count). The number of halogens is 3. The Labute approximate surface area is 187 Å². The molecular weight excluding hydrogens is 457 g/mol. The molecule has 33 heavy (non-hydrogen) atoms. The van der Waals surface area contributed by atoms with E-state index < -0.39 is 27.5 Å². The van der Waals surface area contributed by atoms with Crippen LogP contribution in [0.3, 0.4) is 0 Å². The van der Waals surface area contributed by atoms with E-state index in [4.69, 9.17) is 0 Å². The lowest BCUT2D eigenvalue weighted by Crippen LogP contribution is -2.43. The predicted molar refractivity (Wildman–Crippen MR) is 113 cm³/mol. The summed E-state index contributed by atoms with van der Waals surface area (Å²) < 4.78 is 63.6. The Balaban J connectivity index is 1.68. The predicted octanol–water partition coefficient (Wildman–Crippen LogP) is 3.32. The van der Waals surface area contributed by atoms with Crippen molar-refractivity contribution in [3.63, 3.8) is 0 Å². The number of pyridine rings is 1. The molecule has 11 heteroatoms. The molecule has 3 aromatic rings. The van der Waals surface area contributed by atoms with E-state index in [9.17, 15) is 26.4 Å². The van der Waals surface area contributed by atoms with Crippen LogP contribution >= 0.6 is 0 Å². The van der Waals surface area contributed by atoms with E-state index in [1.165, 1.54) is 46.4 Å². The van der Waals surface area contributed by atoms with Gasteiger partial charge in [0, 0.05) is 36.4 Å². The number of aromatic nitrogens is 3. The lowest BCUT2D eigenvalue weighted by molar-refractivity contribution is -0.137. The van der Waals surface area contributed by atoms with Crippen molar-refractivity contribution in [3.05, 3.63) is 71.3 Å². The number of anilines is 1. The van der Waals surface area contributed by atoms with E-state index in [-0.39, 0.29) is 23.2 Å². The molecule has 0 saturated heterocycles. The lowest BCUT2D eigenvalue weighted by atomic mass is 10.1. The molecule has 0 N–H and O–H groups in total. The minimum Gasteiger partial charge on any atom is -0.305 e. The third kappa shape index (κ3) is 4.47. The topological polar surface area (TPSA) is 85.2 Å². The van der Waals surface area contributed by atoms with E-state index in [1.54, 1.807) is 0 Å². The van der Waals surface area contributed by atoms with Gasteiger partial charge in [-0.2, -0.15) is 18.3 Å². The Morgan fingerprint density at radius 2 is 1.79 bits per heavy atom. The van der Waals surface area contributed by atoms with Crippen molar-refractivity contribution in [1.82, 2.24) is 14.8 Å². The molecule has 0 unspecified atom stereocenters. The van der Waals surface area contributed by atoms with Crippen LogP contribution in [0.5, 0.6) is 0 Å². The summed E-state index contributed by atoms with van der Waals surface area (Å²) in [5.41, 5.74) is 0.386. The van der Waals surface area contributed by atoms with Gasteiger partial charge >= 0.3 is 6.18 Å². The lowest BCUT2D eigenvalue weighted by Gasteiger charge is -2.32. The summed E-state index contributed by atoms with van der Waals surface area (Å²) in [6.07, 6.45) is 0.639. The number of benzene rings is 1. The largest absolute Gasteiger partial charge is 0.416 e. The van der Waals surface area contributed by atoms with E-state index >= 15 is 0 Å². The molecule has 1 aliphatic rings. The third-order valence-corrected chi connectivity index (χ3v) is 6.18. The highest BCUT2D eigenvalue weighted by molar-refractivity contribution is 7.90. The molecule has 1 aromatic carbocycles. The molecule has 7 nitrogen and oxygen atoms in total. The van der Waals surface area contributed by atoms with Gasteiger partial charge in [0.15, 0.2) is 9.84 Å². The van der Waals surface area contributed by atoms with E-state index in [2.05, 4.69) is 21.9 Å². The fraction of sp³-hybridized carbons (Fsp3) is 0.227. The average molecular weight is 474 g/mol. The Bertz CT molecular complexity index is 1400. The quantitative estimate of drug-likeness (QED) is 0.532. The first kappa shape index (κ1) is 22.5. The van der Waals surface area contributed by atoms with Gasteiger partial charge in [0.1, 0.15) is 5.69 Å². The number of rotatable bonds is 2. The van der Waals surface area contributed by atoms with Crippen molar-refractivity contribution in [2.45, 2.75) is 24.0 Å². The van der Waals surface area contributed by atoms with Gasteiger partial charge in [-0.15, -0.1) is 0 Å². The third-order valence-electron chi connectivity index (χ3n) is 5.10. The maximum Gasteiger partial charge on any atom is 0.416 e. The Hall–Kier alpha value is -3.65. The van der Waals surface area contributed by atoms with Crippen molar-refractivity contribution in [3.8, 4) is 11.8 Å². The van der Waals surface area contributed by atoms with E-state index in [0.29, 0.717) is 16.8 Å².